The van der Waals surface area contributed by atoms with Gasteiger partial charge < -0.3 is 10.2 Å². The molecule has 0 spiro atoms. The van der Waals surface area contributed by atoms with Gasteiger partial charge in [0.05, 0.1) is 10.6 Å². The molecule has 0 radical (unpaired) electrons. The summed E-state index contributed by atoms with van der Waals surface area (Å²) in [6.07, 6.45) is 1.77. The van der Waals surface area contributed by atoms with E-state index in [0.29, 0.717) is 12.2 Å². The average molecular weight is 644 g/mol. The number of carbonyl (C=O) groups is 2. The molecule has 7 nitrogen and oxygen atoms in total. The van der Waals surface area contributed by atoms with E-state index in [1.165, 1.54) is 23.1 Å². The van der Waals surface area contributed by atoms with Crippen molar-refractivity contribution < 1.29 is 22.4 Å². The van der Waals surface area contributed by atoms with Crippen LogP contribution in [0.15, 0.2) is 102 Å². The Hall–Kier alpha value is -4.50. The first-order chi connectivity index (χ1) is 22.0. The molecule has 0 aliphatic heterocycles. The molecule has 0 bridgehead atoms. The summed E-state index contributed by atoms with van der Waals surface area (Å²) in [6.45, 7) is 7.26. The number of aryl methyl sites for hydroxylation is 3. The number of nitrogens with zero attached hydrogens (tertiary/aromatic N) is 2. The third-order valence-electron chi connectivity index (χ3n) is 8.07. The molecule has 4 aromatic carbocycles. The van der Waals surface area contributed by atoms with Crippen LogP contribution in [0, 0.1) is 26.6 Å². The second-order valence-electron chi connectivity index (χ2n) is 11.6. The van der Waals surface area contributed by atoms with Crippen molar-refractivity contribution in [3.8, 4) is 0 Å². The van der Waals surface area contributed by atoms with Crippen LogP contribution >= 0.6 is 0 Å². The summed E-state index contributed by atoms with van der Waals surface area (Å²) in [5.41, 5.74) is 4.05. The van der Waals surface area contributed by atoms with Crippen molar-refractivity contribution in [1.29, 1.82) is 0 Å². The lowest BCUT2D eigenvalue weighted by molar-refractivity contribution is -0.140. The largest absolute Gasteiger partial charge is 0.354 e. The van der Waals surface area contributed by atoms with Crippen LogP contribution in [0.25, 0.3) is 0 Å². The first-order valence-corrected chi connectivity index (χ1v) is 17.0. The van der Waals surface area contributed by atoms with Crippen molar-refractivity contribution in [3.05, 3.63) is 131 Å². The van der Waals surface area contributed by atoms with E-state index < -0.39 is 34.3 Å². The van der Waals surface area contributed by atoms with E-state index in [1.54, 1.807) is 42.5 Å². The highest BCUT2D eigenvalue weighted by Crippen LogP contribution is 2.27. The predicted octanol–water partition coefficient (Wildman–Crippen LogP) is 6.50. The van der Waals surface area contributed by atoms with E-state index >= 15 is 4.39 Å². The molecule has 0 heterocycles. The summed E-state index contributed by atoms with van der Waals surface area (Å²) in [5.74, 6) is -1.55. The number of hydrogen-bond acceptors (Lipinski definition) is 4. The van der Waals surface area contributed by atoms with Crippen LogP contribution < -0.4 is 9.62 Å². The number of halogens is 1. The Labute approximate surface area is 272 Å². The fraction of sp³-hybridized carbons (Fsp3) is 0.297. The first kappa shape index (κ1) is 34.4. The molecule has 2 amide bonds. The summed E-state index contributed by atoms with van der Waals surface area (Å²) < 4.78 is 44.5. The molecule has 0 aliphatic carbocycles. The third-order valence-corrected chi connectivity index (χ3v) is 9.85. The minimum absolute atomic E-state index is 0.0305. The van der Waals surface area contributed by atoms with E-state index in [9.17, 15) is 18.0 Å². The standard InChI is InChI=1S/C37H42FN3O4S/c1-5-6-22-39-37(43)35(24-30-12-8-7-9-13-30)40(25-31-14-10-11-15-34(31)38)36(42)26-41(32-19-18-28(3)29(4)23-32)46(44,45)33-20-16-27(2)17-21-33/h7-21,23,35H,5-6,22,24-26H2,1-4H3,(H,39,43)/t35-/m0/s1. The van der Waals surface area contributed by atoms with Gasteiger partial charge in [-0.25, -0.2) is 12.8 Å². The Morgan fingerprint density at radius 1 is 0.848 bits per heavy atom. The number of hydrogen-bond donors (Lipinski definition) is 1. The van der Waals surface area contributed by atoms with Crippen molar-refractivity contribution in [2.24, 2.45) is 0 Å². The van der Waals surface area contributed by atoms with Crippen LogP contribution in [0.2, 0.25) is 0 Å². The van der Waals surface area contributed by atoms with Gasteiger partial charge in [-0.3, -0.25) is 13.9 Å². The third kappa shape index (κ3) is 8.60. The van der Waals surface area contributed by atoms with Gasteiger partial charge in [0.1, 0.15) is 18.4 Å². The molecule has 242 valence electrons. The molecule has 4 rings (SSSR count). The number of nitrogens with one attached hydrogen (secondary N) is 1. The molecule has 0 aromatic heterocycles. The van der Waals surface area contributed by atoms with Crippen molar-refractivity contribution in [1.82, 2.24) is 10.2 Å². The number of rotatable bonds is 14. The Morgan fingerprint density at radius 2 is 1.52 bits per heavy atom. The molecule has 4 aromatic rings. The van der Waals surface area contributed by atoms with Gasteiger partial charge in [-0.05, 0) is 74.2 Å². The number of benzene rings is 4. The summed E-state index contributed by atoms with van der Waals surface area (Å²) in [5, 5.41) is 2.94. The molecule has 0 aliphatic rings. The second kappa shape index (κ2) is 15.7. The van der Waals surface area contributed by atoms with Crippen LogP contribution in [0.3, 0.4) is 0 Å². The molecule has 1 N–H and O–H groups in total. The molecule has 46 heavy (non-hydrogen) atoms. The van der Waals surface area contributed by atoms with E-state index in [1.807, 2.05) is 64.1 Å². The van der Waals surface area contributed by atoms with E-state index in [-0.39, 0.29) is 29.3 Å². The van der Waals surface area contributed by atoms with E-state index in [2.05, 4.69) is 5.32 Å². The molecular weight excluding hydrogens is 601 g/mol. The minimum atomic E-state index is -4.22. The quantitative estimate of drug-likeness (QED) is 0.159. The molecule has 0 saturated carbocycles. The lowest BCUT2D eigenvalue weighted by Gasteiger charge is -2.34. The van der Waals surface area contributed by atoms with Crippen molar-refractivity contribution >= 4 is 27.5 Å². The number of unbranched alkanes of at least 4 members (excludes halogenated alkanes) is 1. The number of anilines is 1. The maximum atomic E-state index is 15.1. The van der Waals surface area contributed by atoms with Gasteiger partial charge in [-0.15, -0.1) is 0 Å². The van der Waals surface area contributed by atoms with Gasteiger partial charge in [0.2, 0.25) is 11.8 Å². The summed E-state index contributed by atoms with van der Waals surface area (Å²) in [4.78, 5) is 29.7. The Balaban J connectivity index is 1.81. The Kier molecular flexibility index (Phi) is 11.7. The van der Waals surface area contributed by atoms with Gasteiger partial charge in [0.25, 0.3) is 10.0 Å². The second-order valence-corrected chi connectivity index (χ2v) is 13.4. The summed E-state index contributed by atoms with van der Waals surface area (Å²) >= 11 is 0. The lowest BCUT2D eigenvalue weighted by atomic mass is 10.0. The molecule has 9 heteroatoms. The van der Waals surface area contributed by atoms with Gasteiger partial charge in [0.15, 0.2) is 0 Å². The zero-order chi connectivity index (χ0) is 33.3. The van der Waals surface area contributed by atoms with Crippen LogP contribution in [0.5, 0.6) is 0 Å². The normalized spacial score (nSPS) is 11.9. The van der Waals surface area contributed by atoms with Gasteiger partial charge in [-0.2, -0.15) is 0 Å². The van der Waals surface area contributed by atoms with Crippen molar-refractivity contribution in [2.75, 3.05) is 17.4 Å². The summed E-state index contributed by atoms with van der Waals surface area (Å²) in [6, 6.07) is 26.0. The van der Waals surface area contributed by atoms with E-state index in [4.69, 9.17) is 0 Å². The Bertz CT molecular complexity index is 1740. The molecule has 0 unspecified atom stereocenters. The summed E-state index contributed by atoms with van der Waals surface area (Å²) in [7, 11) is -4.22. The van der Waals surface area contributed by atoms with Crippen LogP contribution in [-0.2, 0) is 32.6 Å². The number of sulfonamides is 1. The predicted molar refractivity (Wildman–Crippen MR) is 180 cm³/mol. The molecule has 0 fully saturated rings. The van der Waals surface area contributed by atoms with Crippen LogP contribution in [0.1, 0.15) is 47.6 Å². The van der Waals surface area contributed by atoms with Crippen LogP contribution in [-0.4, -0.2) is 44.3 Å². The maximum Gasteiger partial charge on any atom is 0.264 e. The molecule has 0 saturated heterocycles. The topological polar surface area (TPSA) is 86.8 Å². The van der Waals surface area contributed by atoms with Crippen molar-refractivity contribution in [3.63, 3.8) is 0 Å². The van der Waals surface area contributed by atoms with Gasteiger partial charge in [0, 0.05) is 25.1 Å². The maximum absolute atomic E-state index is 15.1. The van der Waals surface area contributed by atoms with Crippen molar-refractivity contribution in [2.45, 2.75) is 64.4 Å². The fourth-order valence-electron chi connectivity index (χ4n) is 5.12. The highest BCUT2D eigenvalue weighted by atomic mass is 32.2. The first-order valence-electron chi connectivity index (χ1n) is 15.5. The fourth-order valence-corrected chi connectivity index (χ4v) is 6.52. The highest BCUT2D eigenvalue weighted by molar-refractivity contribution is 7.92. The van der Waals surface area contributed by atoms with Gasteiger partial charge in [-0.1, -0.05) is 85.6 Å². The zero-order valence-electron chi connectivity index (χ0n) is 26.9. The average Bonchev–Trinajstić information content (AvgIpc) is 3.04. The molecule has 1 atom stereocenters. The van der Waals surface area contributed by atoms with Crippen LogP contribution in [0.4, 0.5) is 10.1 Å². The van der Waals surface area contributed by atoms with Gasteiger partial charge >= 0.3 is 0 Å². The smallest absolute Gasteiger partial charge is 0.264 e. The minimum Gasteiger partial charge on any atom is -0.354 e. The van der Waals surface area contributed by atoms with E-state index in [0.717, 1.165) is 39.4 Å². The number of carbonyl (C=O) groups excluding carboxylic acids is 2. The lowest BCUT2D eigenvalue weighted by Crippen LogP contribution is -2.53. The SMILES string of the molecule is CCCCNC(=O)[C@H](Cc1ccccc1)N(Cc1ccccc1F)C(=O)CN(c1ccc(C)c(C)c1)S(=O)(=O)c1ccc(C)cc1. The highest BCUT2D eigenvalue weighted by Gasteiger charge is 2.35. The molecular formula is C37H42FN3O4S. The monoisotopic (exact) mass is 643 g/mol. The Morgan fingerprint density at radius 3 is 2.17 bits per heavy atom. The zero-order valence-corrected chi connectivity index (χ0v) is 27.7. The number of amides is 2.